The molecule has 2 rings (SSSR count). The number of ether oxygens (including phenoxy) is 1. The van der Waals surface area contributed by atoms with Crippen molar-refractivity contribution in [3.63, 3.8) is 0 Å². The minimum atomic E-state index is -0.451. The van der Waals surface area contributed by atoms with Crippen LogP contribution in [0, 0.1) is 0 Å². The second kappa shape index (κ2) is 7.59. The smallest absolute Gasteiger partial charge is 0.326 e. The number of likely N-dealkylation sites (N-methyl/N-ethyl adjacent to an activating group) is 1. The lowest BCUT2D eigenvalue weighted by Crippen LogP contribution is -2.52. The highest BCUT2D eigenvalue weighted by Crippen LogP contribution is 2.36. The summed E-state index contributed by atoms with van der Waals surface area (Å²) in [5, 5.41) is 3.41. The summed E-state index contributed by atoms with van der Waals surface area (Å²) in [6.07, 6.45) is 11.0. The SMILES string of the molecule is CCNC1(C(=O)OC)CCC(N(C)C2CCCCCC2)C1. The molecule has 122 valence electrons. The number of methoxy groups -OCH3 is 1. The standard InChI is InChI=1S/C17H32N2O2/c1-4-18-17(16(20)21-3)12-11-15(13-17)19(2)14-9-7-5-6-8-10-14/h14-15,18H,4-13H2,1-3H3. The van der Waals surface area contributed by atoms with Crippen molar-refractivity contribution in [2.75, 3.05) is 20.7 Å². The molecule has 0 aliphatic heterocycles. The first kappa shape index (κ1) is 16.8. The van der Waals surface area contributed by atoms with Crippen LogP contribution in [-0.2, 0) is 9.53 Å². The molecule has 1 N–H and O–H groups in total. The maximum Gasteiger partial charge on any atom is 0.326 e. The van der Waals surface area contributed by atoms with E-state index in [1.54, 1.807) is 0 Å². The lowest BCUT2D eigenvalue weighted by molar-refractivity contribution is -0.148. The van der Waals surface area contributed by atoms with Crippen LogP contribution in [0.1, 0.15) is 64.7 Å². The molecule has 0 radical (unpaired) electrons. The summed E-state index contributed by atoms with van der Waals surface area (Å²) in [7, 11) is 3.77. The molecule has 2 aliphatic carbocycles. The van der Waals surface area contributed by atoms with Crippen LogP contribution in [0.4, 0.5) is 0 Å². The largest absolute Gasteiger partial charge is 0.468 e. The summed E-state index contributed by atoms with van der Waals surface area (Å²) >= 11 is 0. The van der Waals surface area contributed by atoms with Gasteiger partial charge in [0.25, 0.3) is 0 Å². The van der Waals surface area contributed by atoms with E-state index in [-0.39, 0.29) is 5.97 Å². The van der Waals surface area contributed by atoms with Crippen LogP contribution >= 0.6 is 0 Å². The maximum atomic E-state index is 12.2. The van der Waals surface area contributed by atoms with Crippen LogP contribution in [0.5, 0.6) is 0 Å². The number of nitrogens with one attached hydrogen (secondary N) is 1. The fourth-order valence-electron chi connectivity index (χ4n) is 4.28. The summed E-state index contributed by atoms with van der Waals surface area (Å²) in [6, 6.07) is 1.21. The first-order valence-electron chi connectivity index (χ1n) is 8.68. The summed E-state index contributed by atoms with van der Waals surface area (Å²) in [5.41, 5.74) is -0.451. The Morgan fingerprint density at radius 2 is 1.86 bits per heavy atom. The molecule has 2 saturated carbocycles. The topological polar surface area (TPSA) is 41.6 Å². The molecule has 2 fully saturated rings. The molecule has 0 spiro atoms. The average Bonchev–Trinajstić information content (AvgIpc) is 2.74. The first-order valence-corrected chi connectivity index (χ1v) is 8.68. The lowest BCUT2D eigenvalue weighted by atomic mass is 9.96. The Morgan fingerprint density at radius 3 is 2.43 bits per heavy atom. The van der Waals surface area contributed by atoms with Crippen molar-refractivity contribution in [2.45, 2.75) is 82.3 Å². The van der Waals surface area contributed by atoms with Gasteiger partial charge in [0, 0.05) is 12.1 Å². The third-order valence-corrected chi connectivity index (χ3v) is 5.56. The molecule has 4 heteroatoms. The predicted molar refractivity (Wildman–Crippen MR) is 85.3 cm³/mol. The number of carbonyl (C=O) groups excluding carboxylic acids is 1. The zero-order chi connectivity index (χ0) is 15.3. The van der Waals surface area contributed by atoms with E-state index in [1.807, 2.05) is 0 Å². The molecule has 0 saturated heterocycles. The van der Waals surface area contributed by atoms with Crippen LogP contribution < -0.4 is 5.32 Å². The van der Waals surface area contributed by atoms with E-state index in [0.29, 0.717) is 12.1 Å². The highest BCUT2D eigenvalue weighted by Gasteiger charge is 2.47. The molecule has 0 aromatic heterocycles. The van der Waals surface area contributed by atoms with Crippen LogP contribution in [-0.4, -0.2) is 49.2 Å². The fraction of sp³-hybridized carbons (Fsp3) is 0.941. The van der Waals surface area contributed by atoms with E-state index in [9.17, 15) is 4.79 Å². The van der Waals surface area contributed by atoms with Gasteiger partial charge in [-0.05, 0) is 45.7 Å². The number of rotatable bonds is 5. The third-order valence-electron chi connectivity index (χ3n) is 5.56. The van der Waals surface area contributed by atoms with Crippen LogP contribution in [0.25, 0.3) is 0 Å². The van der Waals surface area contributed by atoms with Crippen molar-refractivity contribution >= 4 is 5.97 Å². The summed E-state index contributed by atoms with van der Waals surface area (Å²) in [5.74, 6) is -0.0823. The number of hydrogen-bond donors (Lipinski definition) is 1. The normalized spacial score (nSPS) is 31.3. The van der Waals surface area contributed by atoms with Gasteiger partial charge in [-0.25, -0.2) is 0 Å². The molecular formula is C17H32N2O2. The number of hydrogen-bond acceptors (Lipinski definition) is 4. The van der Waals surface area contributed by atoms with E-state index >= 15 is 0 Å². The van der Waals surface area contributed by atoms with E-state index < -0.39 is 5.54 Å². The number of carbonyl (C=O) groups is 1. The van der Waals surface area contributed by atoms with Crippen molar-refractivity contribution in [1.29, 1.82) is 0 Å². The van der Waals surface area contributed by atoms with Gasteiger partial charge in [-0.3, -0.25) is 4.79 Å². The minimum absolute atomic E-state index is 0.0823. The number of nitrogens with zero attached hydrogens (tertiary/aromatic N) is 1. The third kappa shape index (κ3) is 3.78. The van der Waals surface area contributed by atoms with Gasteiger partial charge in [0.2, 0.25) is 0 Å². The molecular weight excluding hydrogens is 264 g/mol. The molecule has 0 aromatic rings. The second-order valence-electron chi connectivity index (χ2n) is 6.81. The summed E-state index contributed by atoms with van der Waals surface area (Å²) in [4.78, 5) is 14.8. The minimum Gasteiger partial charge on any atom is -0.468 e. The Morgan fingerprint density at radius 1 is 1.19 bits per heavy atom. The van der Waals surface area contributed by atoms with Crippen LogP contribution in [0.2, 0.25) is 0 Å². The molecule has 0 aromatic carbocycles. The predicted octanol–water partition coefficient (Wildman–Crippen LogP) is 2.71. The highest BCUT2D eigenvalue weighted by molar-refractivity contribution is 5.81. The van der Waals surface area contributed by atoms with Gasteiger partial charge in [0.1, 0.15) is 5.54 Å². The Balaban J connectivity index is 2.00. The summed E-state index contributed by atoms with van der Waals surface area (Å²) < 4.78 is 5.06. The van der Waals surface area contributed by atoms with Crippen molar-refractivity contribution in [3.8, 4) is 0 Å². The van der Waals surface area contributed by atoms with Crippen LogP contribution in [0.15, 0.2) is 0 Å². The molecule has 0 amide bonds. The quantitative estimate of drug-likeness (QED) is 0.625. The maximum absolute atomic E-state index is 12.2. The first-order chi connectivity index (χ1) is 10.1. The number of esters is 1. The van der Waals surface area contributed by atoms with E-state index in [0.717, 1.165) is 25.8 Å². The Hall–Kier alpha value is -0.610. The molecule has 0 bridgehead atoms. The van der Waals surface area contributed by atoms with E-state index in [2.05, 4.69) is 24.2 Å². The molecule has 2 aliphatic rings. The van der Waals surface area contributed by atoms with Gasteiger partial charge in [-0.1, -0.05) is 32.6 Å². The molecule has 21 heavy (non-hydrogen) atoms. The average molecular weight is 296 g/mol. The Kier molecular flexibility index (Phi) is 6.06. The van der Waals surface area contributed by atoms with Gasteiger partial charge in [-0.2, -0.15) is 0 Å². The molecule has 0 heterocycles. The lowest BCUT2D eigenvalue weighted by Gasteiger charge is -2.34. The van der Waals surface area contributed by atoms with E-state index in [4.69, 9.17) is 4.74 Å². The van der Waals surface area contributed by atoms with Crippen LogP contribution in [0.3, 0.4) is 0 Å². The van der Waals surface area contributed by atoms with Crippen molar-refractivity contribution in [2.24, 2.45) is 0 Å². The van der Waals surface area contributed by atoms with Gasteiger partial charge >= 0.3 is 5.97 Å². The van der Waals surface area contributed by atoms with Crippen molar-refractivity contribution < 1.29 is 9.53 Å². The monoisotopic (exact) mass is 296 g/mol. The second-order valence-corrected chi connectivity index (χ2v) is 6.81. The fourth-order valence-corrected chi connectivity index (χ4v) is 4.28. The Labute approximate surface area is 129 Å². The molecule has 4 nitrogen and oxygen atoms in total. The van der Waals surface area contributed by atoms with Gasteiger partial charge in [-0.15, -0.1) is 0 Å². The van der Waals surface area contributed by atoms with Gasteiger partial charge in [0.05, 0.1) is 7.11 Å². The Bertz CT molecular complexity index is 340. The van der Waals surface area contributed by atoms with Gasteiger partial charge < -0.3 is 15.0 Å². The zero-order valence-electron chi connectivity index (χ0n) is 14.0. The zero-order valence-corrected chi connectivity index (χ0v) is 14.0. The molecule has 2 unspecified atom stereocenters. The molecule has 2 atom stereocenters. The van der Waals surface area contributed by atoms with Gasteiger partial charge in [0.15, 0.2) is 0 Å². The van der Waals surface area contributed by atoms with E-state index in [1.165, 1.54) is 45.6 Å². The van der Waals surface area contributed by atoms with Crippen molar-refractivity contribution in [1.82, 2.24) is 10.2 Å². The highest BCUT2D eigenvalue weighted by atomic mass is 16.5. The summed E-state index contributed by atoms with van der Waals surface area (Å²) in [6.45, 7) is 2.88. The van der Waals surface area contributed by atoms with Crippen molar-refractivity contribution in [3.05, 3.63) is 0 Å².